The van der Waals surface area contributed by atoms with Gasteiger partial charge in [-0.1, -0.05) is 53.8 Å². The molecule has 2 heterocycles. The minimum atomic E-state index is -0.949. The molecule has 9 heteroatoms. The number of carbonyl (C=O) groups is 3. The van der Waals surface area contributed by atoms with Crippen LogP contribution in [0.3, 0.4) is 0 Å². The van der Waals surface area contributed by atoms with Crippen molar-refractivity contribution in [2.75, 3.05) is 18.1 Å². The maximum absolute atomic E-state index is 13.4. The molecule has 4 rings (SSSR count). The molecule has 3 aromatic rings. The highest BCUT2D eigenvalue weighted by Gasteiger charge is 2.48. The average Bonchev–Trinajstić information content (AvgIpc) is 3.40. The predicted octanol–water partition coefficient (Wildman–Crippen LogP) is 5.13. The fraction of sp³-hybridized carbons (Fsp3) is 0.214. The molecule has 37 heavy (non-hydrogen) atoms. The molecule has 0 saturated carbocycles. The van der Waals surface area contributed by atoms with Gasteiger partial charge in [0.05, 0.1) is 23.9 Å². The van der Waals surface area contributed by atoms with Crippen molar-refractivity contribution in [3.05, 3.63) is 94.0 Å². The molecule has 1 N–H and O–H groups in total. The van der Waals surface area contributed by atoms with Crippen molar-refractivity contribution in [3.63, 3.8) is 0 Å². The van der Waals surface area contributed by atoms with Crippen LogP contribution in [0, 0.1) is 13.8 Å². The lowest BCUT2D eigenvalue weighted by molar-refractivity contribution is -0.132. The van der Waals surface area contributed by atoms with E-state index >= 15 is 0 Å². The number of aromatic nitrogens is 1. The first-order valence-electron chi connectivity index (χ1n) is 11.6. The molecule has 190 valence electrons. The van der Waals surface area contributed by atoms with Crippen LogP contribution < -0.4 is 9.64 Å². The number of carbonyl (C=O) groups excluding carboxylic acids is 3. The van der Waals surface area contributed by atoms with E-state index in [0.717, 1.165) is 16.9 Å². The molecule has 1 amide bonds. The van der Waals surface area contributed by atoms with Crippen LogP contribution in [-0.4, -0.2) is 41.0 Å². The van der Waals surface area contributed by atoms with Crippen molar-refractivity contribution >= 4 is 39.9 Å². The standard InChI is InChI=1S/C28H26N2O6S/c1-5-15-36-27(34)25-17(4)29-28(37-25)30-22(18-9-7-16(3)8-10-18)21(24(32)26(30)33)23(31)19-11-13-20(14-12-19)35-6-2/h5,7-14,22,31H,1,6,15H2,2-4H3/b23-21-. The number of rotatable bonds is 8. The number of aliphatic hydroxyl groups excluding tert-OH is 1. The number of anilines is 1. The van der Waals surface area contributed by atoms with Gasteiger partial charge in [-0.3, -0.25) is 14.5 Å². The Morgan fingerprint density at radius 1 is 1.14 bits per heavy atom. The molecule has 8 nitrogen and oxygen atoms in total. The summed E-state index contributed by atoms with van der Waals surface area (Å²) in [6.45, 7) is 9.46. The first-order valence-corrected chi connectivity index (χ1v) is 12.4. The summed E-state index contributed by atoms with van der Waals surface area (Å²) in [6.07, 6.45) is 1.45. The first kappa shape index (κ1) is 25.8. The number of aryl methyl sites for hydroxylation is 2. The minimum Gasteiger partial charge on any atom is -0.507 e. The lowest BCUT2D eigenvalue weighted by Crippen LogP contribution is -2.29. The Morgan fingerprint density at radius 3 is 2.43 bits per heavy atom. The average molecular weight is 519 g/mol. The van der Waals surface area contributed by atoms with Gasteiger partial charge in [0.15, 0.2) is 5.13 Å². The normalized spacial score (nSPS) is 16.6. The highest BCUT2D eigenvalue weighted by atomic mass is 32.1. The van der Waals surface area contributed by atoms with Crippen LogP contribution in [0.25, 0.3) is 5.76 Å². The number of Topliss-reactive ketones (excluding diaryl/α,β-unsaturated/α-hetero) is 1. The molecular formula is C28H26N2O6S. The SMILES string of the molecule is C=CCOC(=O)c1sc(N2C(=O)C(=O)/C(=C(\O)c3ccc(OCC)cc3)C2c2ccc(C)cc2)nc1C. The second-order valence-corrected chi connectivity index (χ2v) is 9.31. The Balaban J connectivity index is 1.85. The zero-order valence-corrected chi connectivity index (χ0v) is 21.5. The highest BCUT2D eigenvalue weighted by molar-refractivity contribution is 7.17. The molecule has 1 aliphatic rings. The molecule has 1 fully saturated rings. The molecule has 2 aromatic carbocycles. The van der Waals surface area contributed by atoms with E-state index in [1.165, 1.54) is 11.0 Å². The Bertz CT molecular complexity index is 1390. The molecule has 0 radical (unpaired) electrons. The summed E-state index contributed by atoms with van der Waals surface area (Å²) in [7, 11) is 0. The van der Waals surface area contributed by atoms with Gasteiger partial charge in [0.25, 0.3) is 5.78 Å². The van der Waals surface area contributed by atoms with Gasteiger partial charge in [-0.15, -0.1) is 0 Å². The van der Waals surface area contributed by atoms with Crippen molar-refractivity contribution in [1.29, 1.82) is 0 Å². The van der Waals surface area contributed by atoms with E-state index in [2.05, 4.69) is 11.6 Å². The van der Waals surface area contributed by atoms with Gasteiger partial charge in [0.2, 0.25) is 0 Å². The van der Waals surface area contributed by atoms with E-state index in [4.69, 9.17) is 9.47 Å². The summed E-state index contributed by atoms with van der Waals surface area (Å²) in [5.74, 6) is -1.99. The van der Waals surface area contributed by atoms with Crippen LogP contribution in [0.15, 0.2) is 66.8 Å². The molecule has 0 spiro atoms. The second-order valence-electron chi connectivity index (χ2n) is 8.34. The summed E-state index contributed by atoms with van der Waals surface area (Å²) in [4.78, 5) is 45.0. The zero-order valence-electron chi connectivity index (χ0n) is 20.7. The predicted molar refractivity (Wildman–Crippen MR) is 141 cm³/mol. The van der Waals surface area contributed by atoms with Crippen LogP contribution in [0.2, 0.25) is 0 Å². The molecular weight excluding hydrogens is 492 g/mol. The van der Waals surface area contributed by atoms with E-state index in [0.29, 0.717) is 29.2 Å². The van der Waals surface area contributed by atoms with E-state index in [1.807, 2.05) is 26.0 Å². The number of esters is 1. The van der Waals surface area contributed by atoms with Gasteiger partial charge in [-0.05, 0) is 50.6 Å². The van der Waals surface area contributed by atoms with Gasteiger partial charge in [0, 0.05) is 5.56 Å². The van der Waals surface area contributed by atoms with Gasteiger partial charge < -0.3 is 14.6 Å². The lowest BCUT2D eigenvalue weighted by atomic mass is 9.95. The van der Waals surface area contributed by atoms with E-state index in [-0.39, 0.29) is 27.9 Å². The maximum Gasteiger partial charge on any atom is 0.350 e. The van der Waals surface area contributed by atoms with Crippen molar-refractivity contribution < 1.29 is 29.0 Å². The number of aliphatic hydroxyl groups is 1. The van der Waals surface area contributed by atoms with Crippen LogP contribution in [0.1, 0.15) is 45.0 Å². The van der Waals surface area contributed by atoms with Gasteiger partial charge in [-0.2, -0.15) is 0 Å². The molecule has 1 atom stereocenters. The molecule has 0 aliphatic carbocycles. The number of ketones is 1. The summed E-state index contributed by atoms with van der Waals surface area (Å²) >= 11 is 0.952. The highest BCUT2D eigenvalue weighted by Crippen LogP contribution is 2.44. The summed E-state index contributed by atoms with van der Waals surface area (Å²) in [5.41, 5.74) is 2.26. The Morgan fingerprint density at radius 2 is 1.81 bits per heavy atom. The van der Waals surface area contributed by atoms with Crippen molar-refractivity contribution in [3.8, 4) is 5.75 Å². The van der Waals surface area contributed by atoms with Crippen molar-refractivity contribution in [2.45, 2.75) is 26.8 Å². The summed E-state index contributed by atoms with van der Waals surface area (Å²) in [6, 6.07) is 13.0. The maximum atomic E-state index is 13.4. The van der Waals surface area contributed by atoms with Crippen LogP contribution in [0.5, 0.6) is 5.75 Å². The number of thiazole rings is 1. The fourth-order valence-electron chi connectivity index (χ4n) is 4.00. The molecule has 1 aromatic heterocycles. The van der Waals surface area contributed by atoms with E-state index in [9.17, 15) is 19.5 Å². The number of benzene rings is 2. The Labute approximate surface area is 218 Å². The van der Waals surface area contributed by atoms with Crippen LogP contribution >= 0.6 is 11.3 Å². The molecule has 1 unspecified atom stereocenters. The third-order valence-corrected chi connectivity index (χ3v) is 6.92. The molecule has 1 aliphatic heterocycles. The van der Waals surface area contributed by atoms with E-state index in [1.54, 1.807) is 43.3 Å². The third kappa shape index (κ3) is 5.03. The lowest BCUT2D eigenvalue weighted by Gasteiger charge is -2.23. The van der Waals surface area contributed by atoms with Crippen LogP contribution in [-0.2, 0) is 14.3 Å². The fourth-order valence-corrected chi connectivity index (χ4v) is 4.99. The number of nitrogens with zero attached hydrogens (tertiary/aromatic N) is 2. The third-order valence-electron chi connectivity index (χ3n) is 5.79. The largest absolute Gasteiger partial charge is 0.507 e. The monoisotopic (exact) mass is 518 g/mol. The summed E-state index contributed by atoms with van der Waals surface area (Å²) in [5, 5.41) is 11.4. The van der Waals surface area contributed by atoms with Gasteiger partial charge in [-0.25, -0.2) is 9.78 Å². The smallest absolute Gasteiger partial charge is 0.350 e. The van der Waals surface area contributed by atoms with Crippen molar-refractivity contribution in [2.24, 2.45) is 0 Å². The van der Waals surface area contributed by atoms with Crippen molar-refractivity contribution in [1.82, 2.24) is 4.98 Å². The number of ether oxygens (including phenoxy) is 2. The minimum absolute atomic E-state index is 0.0292. The topological polar surface area (TPSA) is 106 Å². The number of hydrogen-bond acceptors (Lipinski definition) is 8. The zero-order chi connectivity index (χ0) is 26.7. The Hall–Kier alpha value is -4.24. The summed E-state index contributed by atoms with van der Waals surface area (Å²) < 4.78 is 10.6. The molecule has 0 bridgehead atoms. The Kier molecular flexibility index (Phi) is 7.54. The van der Waals surface area contributed by atoms with Gasteiger partial charge >= 0.3 is 11.9 Å². The first-order chi connectivity index (χ1) is 17.8. The van der Waals surface area contributed by atoms with Gasteiger partial charge in [0.1, 0.15) is 23.0 Å². The number of hydrogen-bond donors (Lipinski definition) is 1. The van der Waals surface area contributed by atoms with Crippen LogP contribution in [0.4, 0.5) is 5.13 Å². The van der Waals surface area contributed by atoms with E-state index < -0.39 is 23.7 Å². The quantitative estimate of drug-likeness (QED) is 0.145. The number of amides is 1. The second kappa shape index (κ2) is 10.8. The molecule has 1 saturated heterocycles.